The summed E-state index contributed by atoms with van der Waals surface area (Å²) in [6.45, 7) is 6.12. The van der Waals surface area contributed by atoms with Crippen molar-refractivity contribution in [3.05, 3.63) is 46.5 Å². The van der Waals surface area contributed by atoms with Crippen molar-refractivity contribution in [1.29, 1.82) is 0 Å². The Bertz CT molecular complexity index is 455. The number of aryl methyl sites for hydroxylation is 2. The molecule has 0 fully saturated rings. The first-order valence-electron chi connectivity index (χ1n) is 7.01. The highest BCUT2D eigenvalue weighted by molar-refractivity contribution is 5.40. The van der Waals surface area contributed by atoms with Gasteiger partial charge in [-0.15, -0.1) is 0 Å². The van der Waals surface area contributed by atoms with Gasteiger partial charge in [0.05, 0.1) is 0 Å². The molecule has 98 valence electrons. The summed E-state index contributed by atoms with van der Waals surface area (Å²) in [6.07, 6.45) is 8.13. The smallest absolute Gasteiger partial charge is 0.108 e. The van der Waals surface area contributed by atoms with Crippen molar-refractivity contribution in [2.45, 2.75) is 58.5 Å². The molecular weight excluding hydrogens is 220 g/mol. The molecule has 1 nitrogen and oxygen atoms in total. The van der Waals surface area contributed by atoms with Gasteiger partial charge in [0, 0.05) is 0 Å². The molecule has 1 unspecified atom stereocenters. The summed E-state index contributed by atoms with van der Waals surface area (Å²) in [5.74, 6) is 0. The molecule has 1 atom stereocenters. The minimum absolute atomic E-state index is 0.805. The fourth-order valence-corrected chi connectivity index (χ4v) is 2.89. The molecule has 2 rings (SSSR count). The van der Waals surface area contributed by atoms with Crippen molar-refractivity contribution in [3.8, 4) is 0 Å². The molecular formula is C17H24O. The van der Waals surface area contributed by atoms with E-state index in [1.165, 1.54) is 36.0 Å². The van der Waals surface area contributed by atoms with Crippen LogP contribution in [-0.4, -0.2) is 5.11 Å². The number of aliphatic hydroxyl groups is 1. The van der Waals surface area contributed by atoms with Crippen molar-refractivity contribution in [2.75, 3.05) is 0 Å². The first-order chi connectivity index (χ1) is 8.51. The lowest BCUT2D eigenvalue weighted by Gasteiger charge is -2.29. The molecule has 0 saturated carbocycles. The van der Waals surface area contributed by atoms with Crippen LogP contribution in [0, 0.1) is 13.8 Å². The standard InChI is InChI=1S/C17H24O/c1-13-10-11-14(2)16(12-13)17(3,18)15-8-6-4-5-7-9-15/h8,10-12,18H,4-7,9H2,1-3H3. The largest absolute Gasteiger partial charge is 0.381 e. The van der Waals surface area contributed by atoms with Gasteiger partial charge in [-0.1, -0.05) is 36.3 Å². The van der Waals surface area contributed by atoms with Gasteiger partial charge in [-0.25, -0.2) is 0 Å². The predicted octanol–water partition coefficient (Wildman–Crippen LogP) is 4.40. The van der Waals surface area contributed by atoms with Crippen LogP contribution in [0.4, 0.5) is 0 Å². The molecule has 0 saturated heterocycles. The highest BCUT2D eigenvalue weighted by Crippen LogP contribution is 2.36. The zero-order valence-electron chi connectivity index (χ0n) is 11.8. The molecule has 1 heteroatoms. The minimum atomic E-state index is -0.805. The summed E-state index contributed by atoms with van der Waals surface area (Å²) < 4.78 is 0. The predicted molar refractivity (Wildman–Crippen MR) is 76.7 cm³/mol. The van der Waals surface area contributed by atoms with Crippen LogP contribution in [0.25, 0.3) is 0 Å². The molecule has 18 heavy (non-hydrogen) atoms. The second-order valence-electron chi connectivity index (χ2n) is 5.72. The molecule has 1 aliphatic carbocycles. The molecule has 0 radical (unpaired) electrons. The van der Waals surface area contributed by atoms with Crippen LogP contribution in [0.15, 0.2) is 29.8 Å². The quantitative estimate of drug-likeness (QED) is 0.764. The Morgan fingerprint density at radius 3 is 2.67 bits per heavy atom. The van der Waals surface area contributed by atoms with Gasteiger partial charge in [-0.05, 0) is 63.2 Å². The van der Waals surface area contributed by atoms with Crippen LogP contribution in [-0.2, 0) is 5.60 Å². The van der Waals surface area contributed by atoms with Crippen molar-refractivity contribution in [1.82, 2.24) is 0 Å². The van der Waals surface area contributed by atoms with Crippen LogP contribution >= 0.6 is 0 Å². The Hall–Kier alpha value is -1.08. The van der Waals surface area contributed by atoms with E-state index < -0.39 is 5.60 Å². The Kier molecular flexibility index (Phi) is 3.91. The van der Waals surface area contributed by atoms with Gasteiger partial charge in [0.1, 0.15) is 5.60 Å². The summed E-state index contributed by atoms with van der Waals surface area (Å²) in [5.41, 5.74) is 3.85. The summed E-state index contributed by atoms with van der Waals surface area (Å²) in [7, 11) is 0. The van der Waals surface area contributed by atoms with E-state index >= 15 is 0 Å². The van der Waals surface area contributed by atoms with E-state index in [9.17, 15) is 5.11 Å². The first-order valence-corrected chi connectivity index (χ1v) is 7.01. The van der Waals surface area contributed by atoms with Gasteiger partial charge in [-0.3, -0.25) is 0 Å². The average Bonchev–Trinajstić information content (AvgIpc) is 2.61. The minimum Gasteiger partial charge on any atom is -0.381 e. The zero-order valence-corrected chi connectivity index (χ0v) is 11.8. The highest BCUT2D eigenvalue weighted by atomic mass is 16.3. The number of hydrogen-bond donors (Lipinski definition) is 1. The second-order valence-corrected chi connectivity index (χ2v) is 5.72. The second kappa shape index (κ2) is 5.27. The van der Waals surface area contributed by atoms with E-state index in [0.717, 1.165) is 18.4 Å². The number of benzene rings is 1. The van der Waals surface area contributed by atoms with E-state index in [1.807, 2.05) is 6.92 Å². The van der Waals surface area contributed by atoms with Crippen LogP contribution in [0.1, 0.15) is 55.7 Å². The third-order valence-corrected chi connectivity index (χ3v) is 4.08. The van der Waals surface area contributed by atoms with Crippen LogP contribution < -0.4 is 0 Å². The van der Waals surface area contributed by atoms with Crippen molar-refractivity contribution >= 4 is 0 Å². The van der Waals surface area contributed by atoms with Crippen LogP contribution in [0.2, 0.25) is 0 Å². The maximum absolute atomic E-state index is 11.0. The fourth-order valence-electron chi connectivity index (χ4n) is 2.89. The lowest BCUT2D eigenvalue weighted by atomic mass is 9.82. The third kappa shape index (κ3) is 2.67. The number of hydrogen-bond acceptors (Lipinski definition) is 1. The monoisotopic (exact) mass is 244 g/mol. The molecule has 1 aromatic rings. The maximum Gasteiger partial charge on any atom is 0.108 e. The average molecular weight is 244 g/mol. The Balaban J connectivity index is 2.39. The Morgan fingerprint density at radius 1 is 1.11 bits per heavy atom. The summed E-state index contributed by atoms with van der Waals surface area (Å²) in [6, 6.07) is 6.34. The highest BCUT2D eigenvalue weighted by Gasteiger charge is 2.29. The van der Waals surface area contributed by atoms with Gasteiger partial charge < -0.3 is 5.11 Å². The molecule has 1 aliphatic rings. The van der Waals surface area contributed by atoms with E-state index in [-0.39, 0.29) is 0 Å². The molecule has 1 aromatic carbocycles. The first kappa shape index (κ1) is 13.4. The summed E-state index contributed by atoms with van der Waals surface area (Å²) in [5, 5.41) is 11.0. The van der Waals surface area contributed by atoms with Gasteiger partial charge in [0.15, 0.2) is 0 Å². The number of allylic oxidation sites excluding steroid dienone is 1. The van der Waals surface area contributed by atoms with Crippen molar-refractivity contribution in [3.63, 3.8) is 0 Å². The Labute approximate surface area is 111 Å². The lowest BCUT2D eigenvalue weighted by molar-refractivity contribution is 0.0924. The molecule has 0 amide bonds. The molecule has 0 bridgehead atoms. The number of rotatable bonds is 2. The molecule has 0 aromatic heterocycles. The SMILES string of the molecule is Cc1ccc(C)c(C(C)(O)C2=CCCCCC2)c1. The summed E-state index contributed by atoms with van der Waals surface area (Å²) in [4.78, 5) is 0. The molecule has 1 N–H and O–H groups in total. The summed E-state index contributed by atoms with van der Waals surface area (Å²) >= 11 is 0. The van der Waals surface area contributed by atoms with Gasteiger partial charge in [0.2, 0.25) is 0 Å². The van der Waals surface area contributed by atoms with E-state index in [4.69, 9.17) is 0 Å². The van der Waals surface area contributed by atoms with Gasteiger partial charge >= 0.3 is 0 Å². The van der Waals surface area contributed by atoms with E-state index in [0.29, 0.717) is 0 Å². The topological polar surface area (TPSA) is 20.2 Å². The fraction of sp³-hybridized carbons (Fsp3) is 0.529. The van der Waals surface area contributed by atoms with Gasteiger partial charge in [-0.2, -0.15) is 0 Å². The van der Waals surface area contributed by atoms with E-state index in [2.05, 4.69) is 38.1 Å². The van der Waals surface area contributed by atoms with Gasteiger partial charge in [0.25, 0.3) is 0 Å². The third-order valence-electron chi connectivity index (χ3n) is 4.08. The lowest BCUT2D eigenvalue weighted by Crippen LogP contribution is -2.25. The normalized spacial score (nSPS) is 19.9. The molecule has 0 spiro atoms. The van der Waals surface area contributed by atoms with Crippen molar-refractivity contribution < 1.29 is 5.11 Å². The van der Waals surface area contributed by atoms with Crippen LogP contribution in [0.3, 0.4) is 0 Å². The maximum atomic E-state index is 11.0. The Morgan fingerprint density at radius 2 is 1.89 bits per heavy atom. The van der Waals surface area contributed by atoms with Crippen LogP contribution in [0.5, 0.6) is 0 Å². The molecule has 0 aliphatic heterocycles. The zero-order chi connectivity index (χ0) is 13.2. The van der Waals surface area contributed by atoms with Crippen molar-refractivity contribution in [2.24, 2.45) is 0 Å². The van der Waals surface area contributed by atoms with E-state index in [1.54, 1.807) is 0 Å². The molecule has 0 heterocycles.